The zero-order valence-corrected chi connectivity index (χ0v) is 20.3. The molecule has 8 nitrogen and oxygen atoms in total. The summed E-state index contributed by atoms with van der Waals surface area (Å²) in [7, 11) is 1.73. The van der Waals surface area contributed by atoms with Crippen LogP contribution in [0, 0.1) is 0 Å². The topological polar surface area (TPSA) is 92.4 Å². The highest BCUT2D eigenvalue weighted by atomic mass is 19.4. The summed E-state index contributed by atoms with van der Waals surface area (Å²) in [5.74, 6) is 1.96. The maximum absolute atomic E-state index is 13.4. The van der Waals surface area contributed by atoms with Gasteiger partial charge in [0.05, 0.1) is 29.4 Å². The van der Waals surface area contributed by atoms with Crippen molar-refractivity contribution in [2.45, 2.75) is 44.5 Å². The van der Waals surface area contributed by atoms with E-state index in [2.05, 4.69) is 20.1 Å². The molecule has 2 aliphatic rings. The molecule has 0 saturated carbocycles. The molecule has 0 aliphatic carbocycles. The minimum Gasteiger partial charge on any atom is -0.399 e. The summed E-state index contributed by atoms with van der Waals surface area (Å²) in [6.45, 7) is 5.18. The van der Waals surface area contributed by atoms with E-state index in [1.54, 1.807) is 26.3 Å². The fourth-order valence-corrected chi connectivity index (χ4v) is 4.65. The van der Waals surface area contributed by atoms with Gasteiger partial charge in [-0.05, 0) is 56.0 Å². The number of hydrogen-bond donors (Lipinski definition) is 2. The summed E-state index contributed by atoms with van der Waals surface area (Å²) in [5, 5.41) is 4.10. The van der Waals surface area contributed by atoms with Crippen LogP contribution in [0.4, 0.5) is 36.4 Å². The Morgan fingerprint density at radius 1 is 1.06 bits per heavy atom. The van der Waals surface area contributed by atoms with Gasteiger partial charge in [-0.3, -0.25) is 0 Å². The van der Waals surface area contributed by atoms with E-state index in [4.69, 9.17) is 20.4 Å². The number of anilines is 4. The second kappa shape index (κ2) is 9.61. The number of nitrogen functional groups attached to an aromatic ring is 1. The number of hydrogen-bond acceptors (Lipinski definition) is 8. The maximum Gasteiger partial charge on any atom is 0.416 e. The molecule has 2 saturated heterocycles. The van der Waals surface area contributed by atoms with Crippen molar-refractivity contribution in [1.82, 2.24) is 15.0 Å². The highest BCUT2D eigenvalue weighted by molar-refractivity contribution is 5.91. The van der Waals surface area contributed by atoms with Crippen molar-refractivity contribution in [3.63, 3.8) is 0 Å². The highest BCUT2D eigenvalue weighted by Gasteiger charge is 2.31. The van der Waals surface area contributed by atoms with Crippen molar-refractivity contribution >= 4 is 34.2 Å². The third-order valence-corrected chi connectivity index (χ3v) is 6.95. The van der Waals surface area contributed by atoms with Gasteiger partial charge < -0.3 is 25.6 Å². The number of benzene rings is 1. The van der Waals surface area contributed by atoms with E-state index in [1.807, 2.05) is 6.07 Å². The molecule has 0 amide bonds. The number of methoxy groups -OCH3 is 1. The lowest BCUT2D eigenvalue weighted by atomic mass is 10.0. The van der Waals surface area contributed by atoms with Crippen LogP contribution in [-0.2, 0) is 10.9 Å². The lowest BCUT2D eigenvalue weighted by molar-refractivity contribution is -0.137. The Hall–Kier alpha value is -3.34. The quantitative estimate of drug-likeness (QED) is 0.473. The van der Waals surface area contributed by atoms with Crippen LogP contribution in [0.1, 0.15) is 43.4 Å². The number of pyridine rings is 1. The largest absolute Gasteiger partial charge is 0.416 e. The van der Waals surface area contributed by atoms with E-state index < -0.39 is 17.8 Å². The third-order valence-electron chi connectivity index (χ3n) is 6.95. The number of aromatic nitrogens is 3. The Morgan fingerprint density at radius 3 is 2.44 bits per heavy atom. The van der Waals surface area contributed by atoms with Crippen molar-refractivity contribution in [1.29, 1.82) is 0 Å². The molecule has 11 heteroatoms. The molecule has 4 heterocycles. The molecule has 3 aromatic rings. The fourth-order valence-electron chi connectivity index (χ4n) is 4.65. The predicted octanol–water partition coefficient (Wildman–Crippen LogP) is 4.62. The van der Waals surface area contributed by atoms with E-state index in [-0.39, 0.29) is 11.8 Å². The van der Waals surface area contributed by atoms with Gasteiger partial charge in [-0.25, -0.2) is 9.97 Å². The Morgan fingerprint density at radius 2 is 1.81 bits per heavy atom. The molecule has 0 radical (unpaired) electrons. The standard InChI is InChI=1S/C25H30F3N7O/c1-15(16-10-17(25(26,27)28)12-18(29)11-16)31-23-20-13-22(34-8-4-19(36-2)5-9-34)30-14-21(20)32-24(33-23)35-6-3-7-35/h10-15,19H,3-9,29H2,1-2H3,(H,31,32,33). The summed E-state index contributed by atoms with van der Waals surface area (Å²) in [5.41, 5.74) is 6.21. The molecule has 1 atom stereocenters. The molecule has 0 bridgehead atoms. The molecule has 2 fully saturated rings. The van der Waals surface area contributed by atoms with E-state index in [0.717, 1.165) is 68.8 Å². The molecule has 1 aromatic carbocycles. The van der Waals surface area contributed by atoms with E-state index in [1.165, 1.54) is 0 Å². The number of nitrogens with zero attached hydrogens (tertiary/aromatic N) is 5. The Bertz CT molecular complexity index is 1240. The first-order chi connectivity index (χ1) is 17.2. The van der Waals surface area contributed by atoms with Gasteiger partial charge in [-0.2, -0.15) is 18.2 Å². The van der Waals surface area contributed by atoms with Crippen LogP contribution in [0.3, 0.4) is 0 Å². The number of alkyl halides is 3. The molecule has 2 aliphatic heterocycles. The second-order valence-corrected chi connectivity index (χ2v) is 9.45. The first-order valence-electron chi connectivity index (χ1n) is 12.2. The van der Waals surface area contributed by atoms with Gasteiger partial charge in [-0.1, -0.05) is 0 Å². The van der Waals surface area contributed by atoms with Crippen molar-refractivity contribution in [3.8, 4) is 0 Å². The molecule has 1 unspecified atom stereocenters. The number of nitrogens with two attached hydrogens (primary N) is 1. The van der Waals surface area contributed by atoms with Crippen LogP contribution in [0.2, 0.25) is 0 Å². The van der Waals surface area contributed by atoms with Crippen molar-refractivity contribution in [2.75, 3.05) is 54.1 Å². The molecule has 192 valence electrons. The lowest BCUT2D eigenvalue weighted by Gasteiger charge is -2.33. The van der Waals surface area contributed by atoms with Gasteiger partial charge in [0.2, 0.25) is 5.95 Å². The smallest absolute Gasteiger partial charge is 0.399 e. The van der Waals surface area contributed by atoms with Crippen molar-refractivity contribution < 1.29 is 17.9 Å². The van der Waals surface area contributed by atoms with Gasteiger partial charge in [0.1, 0.15) is 11.6 Å². The summed E-state index contributed by atoms with van der Waals surface area (Å²) < 4.78 is 45.6. The van der Waals surface area contributed by atoms with Crippen LogP contribution >= 0.6 is 0 Å². The second-order valence-electron chi connectivity index (χ2n) is 9.45. The first-order valence-corrected chi connectivity index (χ1v) is 12.2. The van der Waals surface area contributed by atoms with Crippen LogP contribution < -0.4 is 20.9 Å². The van der Waals surface area contributed by atoms with Gasteiger partial charge in [-0.15, -0.1) is 0 Å². The predicted molar refractivity (Wildman–Crippen MR) is 134 cm³/mol. The number of halogens is 3. The maximum atomic E-state index is 13.4. The molecule has 0 spiro atoms. The number of ether oxygens (including phenoxy) is 1. The highest BCUT2D eigenvalue weighted by Crippen LogP contribution is 2.35. The normalized spacial score (nSPS) is 17.8. The Kier molecular flexibility index (Phi) is 6.50. The van der Waals surface area contributed by atoms with Gasteiger partial charge in [0.25, 0.3) is 0 Å². The van der Waals surface area contributed by atoms with Crippen LogP contribution in [0.25, 0.3) is 10.9 Å². The number of nitrogens with one attached hydrogen (secondary N) is 1. The van der Waals surface area contributed by atoms with E-state index in [9.17, 15) is 13.2 Å². The molecule has 3 N–H and O–H groups in total. The number of piperidine rings is 1. The third kappa shape index (κ3) is 4.97. The minimum absolute atomic E-state index is 0.0632. The molecular weight excluding hydrogens is 471 g/mol. The number of fused-ring (bicyclic) bond motifs is 1. The zero-order valence-electron chi connectivity index (χ0n) is 20.3. The monoisotopic (exact) mass is 501 g/mol. The minimum atomic E-state index is -4.48. The average molecular weight is 502 g/mol. The van der Waals surface area contributed by atoms with Gasteiger partial charge in [0, 0.05) is 44.4 Å². The van der Waals surface area contributed by atoms with Gasteiger partial charge in [0.15, 0.2) is 0 Å². The average Bonchev–Trinajstić information content (AvgIpc) is 2.82. The van der Waals surface area contributed by atoms with Gasteiger partial charge >= 0.3 is 6.18 Å². The lowest BCUT2D eigenvalue weighted by Crippen LogP contribution is -2.38. The fraction of sp³-hybridized carbons (Fsp3) is 0.480. The number of rotatable bonds is 6. The summed E-state index contributed by atoms with van der Waals surface area (Å²) in [6.07, 6.45) is 0.420. The molecule has 36 heavy (non-hydrogen) atoms. The Labute approximate surface area is 207 Å². The zero-order chi connectivity index (χ0) is 25.4. The summed E-state index contributed by atoms with van der Waals surface area (Å²) in [6, 6.07) is 5.10. The summed E-state index contributed by atoms with van der Waals surface area (Å²) in [4.78, 5) is 18.4. The molecule has 5 rings (SSSR count). The van der Waals surface area contributed by atoms with Crippen molar-refractivity contribution in [2.24, 2.45) is 0 Å². The Balaban J connectivity index is 1.50. The molecule has 2 aromatic heterocycles. The SMILES string of the molecule is COC1CCN(c2cc3c(NC(C)c4cc(N)cc(C(F)(F)F)c4)nc(N4CCC4)nc3cn2)CC1. The van der Waals surface area contributed by atoms with Crippen LogP contribution in [0.5, 0.6) is 0 Å². The molecular formula is C25H30F3N7O. The van der Waals surface area contributed by atoms with E-state index in [0.29, 0.717) is 22.8 Å². The van der Waals surface area contributed by atoms with Crippen molar-refractivity contribution in [3.05, 3.63) is 41.6 Å². The van der Waals surface area contributed by atoms with Crippen LogP contribution in [-0.4, -0.2) is 54.3 Å². The summed E-state index contributed by atoms with van der Waals surface area (Å²) >= 11 is 0. The van der Waals surface area contributed by atoms with Crippen LogP contribution in [0.15, 0.2) is 30.5 Å². The first kappa shape index (κ1) is 24.4. The van der Waals surface area contributed by atoms with E-state index >= 15 is 0 Å².